The zero-order valence-corrected chi connectivity index (χ0v) is 21.1. The van der Waals surface area contributed by atoms with Crippen LogP contribution in [0.5, 0.6) is 5.75 Å². The molecule has 9 heteroatoms. The highest BCUT2D eigenvalue weighted by Gasteiger charge is 2.29. The summed E-state index contributed by atoms with van der Waals surface area (Å²) in [5, 5.41) is 8.83. The quantitative estimate of drug-likeness (QED) is 0.587. The van der Waals surface area contributed by atoms with Crippen molar-refractivity contribution in [1.82, 2.24) is 20.9 Å². The summed E-state index contributed by atoms with van der Waals surface area (Å²) in [5.74, 6) is -0.637. The predicted molar refractivity (Wildman–Crippen MR) is 135 cm³/mol. The molecule has 0 bridgehead atoms. The summed E-state index contributed by atoms with van der Waals surface area (Å²) >= 11 is 0. The van der Waals surface area contributed by atoms with E-state index in [1.54, 1.807) is 33.0 Å². The largest absolute Gasteiger partial charge is 0.492 e. The van der Waals surface area contributed by atoms with E-state index >= 15 is 0 Å². The fraction of sp³-hybridized carbons (Fsp3) is 0.444. The van der Waals surface area contributed by atoms with Crippen LogP contribution in [0.3, 0.4) is 0 Å². The molecule has 3 atom stereocenters. The summed E-state index contributed by atoms with van der Waals surface area (Å²) in [6.45, 7) is 4.61. The van der Waals surface area contributed by atoms with Crippen LogP contribution in [0.25, 0.3) is 0 Å². The van der Waals surface area contributed by atoms with Crippen molar-refractivity contribution in [2.75, 3.05) is 26.7 Å². The standard InChI is InChI=1S/C27H35FN4O4/c1-18-27(35)32(3)19(2)25(33)31-23(17-20-10-12-22(28)13-11-20)26(34)30-14-6-8-21-7-4-5-9-24(21)36-16-15-29-18/h4-5,7,9-13,18-19,23,29H,6,8,14-17H2,1-3H3,(H,30,34)(H,31,33)/t18?,19-,23-/m1/s1. The lowest BCUT2D eigenvalue weighted by Crippen LogP contribution is -2.56. The van der Waals surface area contributed by atoms with Gasteiger partial charge >= 0.3 is 0 Å². The zero-order valence-electron chi connectivity index (χ0n) is 21.1. The Balaban J connectivity index is 1.80. The number of carbonyl (C=O) groups is 3. The molecule has 0 fully saturated rings. The smallest absolute Gasteiger partial charge is 0.243 e. The second kappa shape index (κ2) is 13.0. The molecule has 1 heterocycles. The van der Waals surface area contributed by atoms with E-state index < -0.39 is 24.0 Å². The molecule has 0 aromatic heterocycles. The van der Waals surface area contributed by atoms with Gasteiger partial charge in [-0.3, -0.25) is 14.4 Å². The van der Waals surface area contributed by atoms with Crippen LogP contribution >= 0.6 is 0 Å². The summed E-state index contributed by atoms with van der Waals surface area (Å²) in [6.07, 6.45) is 1.58. The number of hydrogen-bond acceptors (Lipinski definition) is 5. The molecule has 194 valence electrons. The Bertz CT molecular complexity index is 1050. The average molecular weight is 499 g/mol. The summed E-state index contributed by atoms with van der Waals surface area (Å²) in [4.78, 5) is 40.3. The van der Waals surface area contributed by atoms with E-state index in [0.717, 1.165) is 11.3 Å². The van der Waals surface area contributed by atoms with Crippen molar-refractivity contribution >= 4 is 17.7 Å². The summed E-state index contributed by atoms with van der Waals surface area (Å²) in [5.41, 5.74) is 1.74. The van der Waals surface area contributed by atoms with E-state index in [9.17, 15) is 18.8 Å². The number of rotatable bonds is 2. The maximum atomic E-state index is 13.4. The lowest BCUT2D eigenvalue weighted by Gasteiger charge is -2.29. The van der Waals surface area contributed by atoms with Gasteiger partial charge in [-0.15, -0.1) is 0 Å². The van der Waals surface area contributed by atoms with Gasteiger partial charge in [0.1, 0.15) is 30.3 Å². The molecule has 3 amide bonds. The van der Waals surface area contributed by atoms with E-state index in [1.165, 1.54) is 17.0 Å². The minimum atomic E-state index is -0.876. The summed E-state index contributed by atoms with van der Waals surface area (Å²) in [6, 6.07) is 11.4. The Morgan fingerprint density at radius 2 is 1.72 bits per heavy atom. The van der Waals surface area contributed by atoms with Crippen molar-refractivity contribution < 1.29 is 23.5 Å². The molecular formula is C27H35FN4O4. The van der Waals surface area contributed by atoms with Crippen LogP contribution in [0, 0.1) is 5.82 Å². The number of likely N-dealkylation sites (N-methyl/N-ethyl adjacent to an activating group) is 1. The van der Waals surface area contributed by atoms with Gasteiger partial charge < -0.3 is 25.6 Å². The third-order valence-electron chi connectivity index (χ3n) is 6.37. The molecule has 2 aromatic carbocycles. The van der Waals surface area contributed by atoms with Crippen molar-refractivity contribution in [2.24, 2.45) is 0 Å². The van der Waals surface area contributed by atoms with E-state index in [-0.39, 0.29) is 24.1 Å². The lowest BCUT2D eigenvalue weighted by atomic mass is 10.0. The molecule has 8 nitrogen and oxygen atoms in total. The van der Waals surface area contributed by atoms with Crippen LogP contribution in [0.4, 0.5) is 4.39 Å². The van der Waals surface area contributed by atoms with E-state index in [0.29, 0.717) is 38.1 Å². The average Bonchev–Trinajstić information content (AvgIpc) is 2.88. The van der Waals surface area contributed by atoms with Crippen molar-refractivity contribution in [3.8, 4) is 5.75 Å². The van der Waals surface area contributed by atoms with Crippen LogP contribution in [0.1, 0.15) is 31.4 Å². The van der Waals surface area contributed by atoms with Crippen LogP contribution in [0.2, 0.25) is 0 Å². The highest BCUT2D eigenvalue weighted by atomic mass is 19.1. The number of ether oxygens (including phenoxy) is 1. The Kier molecular flexibility index (Phi) is 9.81. The monoisotopic (exact) mass is 498 g/mol. The van der Waals surface area contributed by atoms with Crippen molar-refractivity contribution in [3.63, 3.8) is 0 Å². The Labute approximate surface area is 211 Å². The third kappa shape index (κ3) is 7.52. The number of fused-ring (bicyclic) bond motifs is 1. The van der Waals surface area contributed by atoms with Crippen LogP contribution in [-0.2, 0) is 27.2 Å². The number of nitrogens with zero attached hydrogens (tertiary/aromatic N) is 1. The Morgan fingerprint density at radius 3 is 2.47 bits per heavy atom. The van der Waals surface area contributed by atoms with Gasteiger partial charge in [0.2, 0.25) is 17.7 Å². The first kappa shape index (κ1) is 27.1. The van der Waals surface area contributed by atoms with Gasteiger partial charge in [-0.25, -0.2) is 4.39 Å². The molecule has 3 N–H and O–H groups in total. The van der Waals surface area contributed by atoms with Gasteiger partial charge in [0.05, 0.1) is 6.04 Å². The zero-order chi connectivity index (χ0) is 26.1. The first-order valence-corrected chi connectivity index (χ1v) is 12.3. The maximum absolute atomic E-state index is 13.4. The number of hydrogen-bond donors (Lipinski definition) is 3. The maximum Gasteiger partial charge on any atom is 0.243 e. The molecule has 36 heavy (non-hydrogen) atoms. The molecule has 0 saturated carbocycles. The topological polar surface area (TPSA) is 99.8 Å². The fourth-order valence-electron chi connectivity index (χ4n) is 4.02. The van der Waals surface area contributed by atoms with Crippen molar-refractivity contribution in [2.45, 2.75) is 51.2 Å². The molecule has 1 aliphatic rings. The molecule has 0 spiro atoms. The van der Waals surface area contributed by atoms with Gasteiger partial charge in [0.15, 0.2) is 0 Å². The summed E-state index contributed by atoms with van der Waals surface area (Å²) in [7, 11) is 1.56. The van der Waals surface area contributed by atoms with E-state index in [2.05, 4.69) is 16.0 Å². The number of amides is 3. The highest BCUT2D eigenvalue weighted by molar-refractivity contribution is 5.92. The predicted octanol–water partition coefficient (Wildman–Crippen LogP) is 1.82. The molecule has 0 radical (unpaired) electrons. The van der Waals surface area contributed by atoms with Crippen molar-refractivity contribution in [3.05, 3.63) is 65.5 Å². The molecular weight excluding hydrogens is 463 g/mol. The minimum absolute atomic E-state index is 0.191. The first-order chi connectivity index (χ1) is 17.3. The number of benzene rings is 2. The lowest BCUT2D eigenvalue weighted by molar-refractivity contribution is -0.140. The molecule has 0 saturated heterocycles. The number of carbonyl (C=O) groups excluding carboxylic acids is 3. The number of nitrogens with one attached hydrogen (secondary N) is 3. The number of para-hydroxylation sites is 1. The first-order valence-electron chi connectivity index (χ1n) is 12.3. The normalized spacial score (nSPS) is 22.9. The van der Waals surface area contributed by atoms with Gasteiger partial charge in [0, 0.05) is 26.6 Å². The second-order valence-electron chi connectivity index (χ2n) is 9.04. The Morgan fingerprint density at radius 1 is 1.00 bits per heavy atom. The van der Waals surface area contributed by atoms with Crippen molar-refractivity contribution in [1.29, 1.82) is 0 Å². The van der Waals surface area contributed by atoms with Gasteiger partial charge in [-0.2, -0.15) is 0 Å². The van der Waals surface area contributed by atoms with Gasteiger partial charge in [0.25, 0.3) is 0 Å². The van der Waals surface area contributed by atoms with Crippen LogP contribution in [-0.4, -0.2) is 67.5 Å². The molecule has 1 unspecified atom stereocenters. The van der Waals surface area contributed by atoms with E-state index in [4.69, 9.17) is 4.74 Å². The second-order valence-corrected chi connectivity index (χ2v) is 9.04. The molecule has 3 rings (SSSR count). The molecule has 2 aromatic rings. The minimum Gasteiger partial charge on any atom is -0.492 e. The SMILES string of the molecule is CC1NCCOc2ccccc2CCCNC(=O)[C@@H](Cc2ccc(F)cc2)NC(=O)[C@@H](C)N(C)C1=O. The van der Waals surface area contributed by atoms with E-state index in [1.807, 2.05) is 24.3 Å². The Hall–Kier alpha value is -3.46. The third-order valence-corrected chi connectivity index (χ3v) is 6.37. The fourth-order valence-corrected chi connectivity index (χ4v) is 4.02. The van der Waals surface area contributed by atoms with Crippen LogP contribution in [0.15, 0.2) is 48.5 Å². The highest BCUT2D eigenvalue weighted by Crippen LogP contribution is 2.19. The molecule has 1 aliphatic heterocycles. The van der Waals surface area contributed by atoms with Gasteiger partial charge in [-0.1, -0.05) is 30.3 Å². The van der Waals surface area contributed by atoms with Crippen LogP contribution < -0.4 is 20.7 Å². The number of aryl methyl sites for hydroxylation is 1. The van der Waals surface area contributed by atoms with Gasteiger partial charge in [-0.05, 0) is 56.0 Å². The summed E-state index contributed by atoms with van der Waals surface area (Å²) < 4.78 is 19.3. The molecule has 0 aliphatic carbocycles. The number of halogens is 1.